The third-order valence-electron chi connectivity index (χ3n) is 2.96. The molecule has 1 aliphatic rings. The molecule has 1 saturated carbocycles. The van der Waals surface area contributed by atoms with Crippen LogP contribution in [0, 0.1) is 5.41 Å². The quantitative estimate of drug-likeness (QED) is 0.646. The maximum atomic E-state index is 9.10. The predicted octanol–water partition coefficient (Wildman–Crippen LogP) is 0.634. The van der Waals surface area contributed by atoms with E-state index in [1.807, 2.05) is 6.07 Å². The average molecular weight is 211 g/mol. The largest absolute Gasteiger partial charge is 0.462 e. The zero-order chi connectivity index (χ0) is 10.7. The van der Waals surface area contributed by atoms with Crippen molar-refractivity contribution in [3.63, 3.8) is 0 Å². The maximum absolute atomic E-state index is 9.10. The molecule has 15 heavy (non-hydrogen) atoms. The van der Waals surface area contributed by atoms with Crippen molar-refractivity contribution in [2.45, 2.75) is 26.0 Å². The summed E-state index contributed by atoms with van der Waals surface area (Å²) < 4.78 is 5.33. The number of hydrogen-bond acceptors (Lipinski definition) is 4. The van der Waals surface area contributed by atoms with Gasteiger partial charge in [-0.1, -0.05) is 0 Å². The van der Waals surface area contributed by atoms with E-state index in [-0.39, 0.29) is 18.6 Å². The van der Waals surface area contributed by atoms with Crippen molar-refractivity contribution in [1.29, 1.82) is 0 Å². The van der Waals surface area contributed by atoms with Crippen molar-refractivity contribution >= 4 is 0 Å². The SMILES string of the molecule is OCc1ccc(CNCC2(CO)CC2)o1. The summed E-state index contributed by atoms with van der Waals surface area (Å²) in [5.41, 5.74) is 0.131. The Morgan fingerprint density at radius 2 is 2.00 bits per heavy atom. The third-order valence-corrected chi connectivity index (χ3v) is 2.96. The number of aliphatic hydroxyl groups excluding tert-OH is 2. The highest BCUT2D eigenvalue weighted by Gasteiger charge is 2.41. The molecule has 0 aromatic carbocycles. The number of nitrogens with one attached hydrogen (secondary N) is 1. The molecule has 0 saturated heterocycles. The lowest BCUT2D eigenvalue weighted by Crippen LogP contribution is -2.25. The molecular formula is C11H17NO3. The van der Waals surface area contributed by atoms with Crippen molar-refractivity contribution in [2.75, 3.05) is 13.2 Å². The van der Waals surface area contributed by atoms with Crippen LogP contribution in [0.4, 0.5) is 0 Å². The predicted molar refractivity (Wildman–Crippen MR) is 55.1 cm³/mol. The molecule has 1 aromatic rings. The van der Waals surface area contributed by atoms with Crippen LogP contribution in [0.25, 0.3) is 0 Å². The van der Waals surface area contributed by atoms with Gasteiger partial charge in [0.25, 0.3) is 0 Å². The molecule has 84 valence electrons. The topological polar surface area (TPSA) is 65.6 Å². The first-order valence-electron chi connectivity index (χ1n) is 5.28. The summed E-state index contributed by atoms with van der Waals surface area (Å²) in [5.74, 6) is 1.42. The van der Waals surface area contributed by atoms with E-state index in [1.165, 1.54) is 0 Å². The summed E-state index contributed by atoms with van der Waals surface area (Å²) in [5, 5.41) is 21.2. The molecule has 1 aliphatic carbocycles. The number of rotatable bonds is 6. The van der Waals surface area contributed by atoms with Gasteiger partial charge < -0.3 is 19.9 Å². The molecule has 0 radical (unpaired) electrons. The Morgan fingerprint density at radius 1 is 1.27 bits per heavy atom. The van der Waals surface area contributed by atoms with Gasteiger partial charge in [-0.15, -0.1) is 0 Å². The Bertz CT molecular complexity index is 317. The summed E-state index contributed by atoms with van der Waals surface area (Å²) >= 11 is 0. The molecule has 0 spiro atoms. The molecule has 2 rings (SSSR count). The van der Waals surface area contributed by atoms with Crippen LogP contribution in [0.5, 0.6) is 0 Å². The maximum Gasteiger partial charge on any atom is 0.129 e. The normalized spacial score (nSPS) is 18.0. The van der Waals surface area contributed by atoms with Crippen LogP contribution in [0.1, 0.15) is 24.4 Å². The Labute approximate surface area is 88.9 Å². The van der Waals surface area contributed by atoms with Crippen LogP contribution in [-0.2, 0) is 13.2 Å². The van der Waals surface area contributed by atoms with E-state index < -0.39 is 0 Å². The third kappa shape index (κ3) is 2.59. The molecule has 1 aromatic heterocycles. The standard InChI is InChI=1S/C11H17NO3/c13-6-10-2-1-9(15-10)5-12-7-11(8-14)3-4-11/h1-2,12-14H,3-8H2. The minimum Gasteiger partial charge on any atom is -0.462 e. The van der Waals surface area contributed by atoms with E-state index >= 15 is 0 Å². The van der Waals surface area contributed by atoms with E-state index in [1.54, 1.807) is 6.07 Å². The summed E-state index contributed by atoms with van der Waals surface area (Å²) in [7, 11) is 0. The lowest BCUT2D eigenvalue weighted by molar-refractivity contribution is 0.206. The van der Waals surface area contributed by atoms with Gasteiger partial charge in [-0.3, -0.25) is 0 Å². The Balaban J connectivity index is 1.73. The molecule has 4 heteroatoms. The average Bonchev–Trinajstić information content (AvgIpc) is 2.89. The lowest BCUT2D eigenvalue weighted by Gasteiger charge is -2.11. The van der Waals surface area contributed by atoms with Gasteiger partial charge in [0.1, 0.15) is 18.1 Å². The molecule has 1 heterocycles. The van der Waals surface area contributed by atoms with Gasteiger partial charge >= 0.3 is 0 Å². The second kappa shape index (κ2) is 4.35. The van der Waals surface area contributed by atoms with Crippen molar-refractivity contribution in [1.82, 2.24) is 5.32 Å². The summed E-state index contributed by atoms with van der Waals surface area (Å²) in [6.45, 7) is 1.70. The van der Waals surface area contributed by atoms with Gasteiger partial charge in [-0.2, -0.15) is 0 Å². The lowest BCUT2D eigenvalue weighted by atomic mass is 10.1. The first kappa shape index (κ1) is 10.7. The molecule has 0 unspecified atom stereocenters. The van der Waals surface area contributed by atoms with Crippen LogP contribution >= 0.6 is 0 Å². The van der Waals surface area contributed by atoms with Crippen LogP contribution < -0.4 is 5.32 Å². The van der Waals surface area contributed by atoms with E-state index in [9.17, 15) is 0 Å². The monoisotopic (exact) mass is 211 g/mol. The van der Waals surface area contributed by atoms with Crippen LogP contribution in [0.2, 0.25) is 0 Å². The first-order chi connectivity index (χ1) is 7.28. The molecule has 0 amide bonds. The van der Waals surface area contributed by atoms with Gasteiger partial charge in [0.15, 0.2) is 0 Å². The summed E-state index contributed by atoms with van der Waals surface area (Å²) in [6.07, 6.45) is 2.22. The Hall–Kier alpha value is -0.840. The Kier molecular flexibility index (Phi) is 3.09. The second-order valence-electron chi connectivity index (χ2n) is 4.29. The van der Waals surface area contributed by atoms with E-state index in [0.717, 1.165) is 25.1 Å². The van der Waals surface area contributed by atoms with Crippen molar-refractivity contribution < 1.29 is 14.6 Å². The van der Waals surface area contributed by atoms with Crippen molar-refractivity contribution in [3.8, 4) is 0 Å². The van der Waals surface area contributed by atoms with Gasteiger partial charge in [0, 0.05) is 18.6 Å². The fourth-order valence-electron chi connectivity index (χ4n) is 1.62. The fraction of sp³-hybridized carbons (Fsp3) is 0.636. The van der Waals surface area contributed by atoms with Gasteiger partial charge in [-0.05, 0) is 25.0 Å². The smallest absolute Gasteiger partial charge is 0.129 e. The molecule has 0 aliphatic heterocycles. The summed E-state index contributed by atoms with van der Waals surface area (Å²) in [4.78, 5) is 0. The molecule has 3 N–H and O–H groups in total. The van der Waals surface area contributed by atoms with E-state index in [0.29, 0.717) is 12.3 Å². The number of furan rings is 1. The molecule has 0 atom stereocenters. The minimum absolute atomic E-state index is 0.0550. The fourth-order valence-corrected chi connectivity index (χ4v) is 1.62. The highest BCUT2D eigenvalue weighted by molar-refractivity contribution is 5.06. The number of aliphatic hydroxyl groups is 2. The van der Waals surface area contributed by atoms with Gasteiger partial charge in [-0.25, -0.2) is 0 Å². The molecule has 1 fully saturated rings. The highest BCUT2D eigenvalue weighted by Crippen LogP contribution is 2.44. The van der Waals surface area contributed by atoms with Crippen molar-refractivity contribution in [2.24, 2.45) is 5.41 Å². The molecule has 4 nitrogen and oxygen atoms in total. The zero-order valence-corrected chi connectivity index (χ0v) is 8.70. The molecule has 0 bridgehead atoms. The van der Waals surface area contributed by atoms with Crippen LogP contribution in [-0.4, -0.2) is 23.4 Å². The van der Waals surface area contributed by atoms with E-state index in [2.05, 4.69) is 5.32 Å². The zero-order valence-electron chi connectivity index (χ0n) is 8.70. The summed E-state index contributed by atoms with van der Waals surface area (Å²) in [6, 6.07) is 3.63. The first-order valence-corrected chi connectivity index (χ1v) is 5.28. The van der Waals surface area contributed by atoms with Crippen LogP contribution in [0.15, 0.2) is 16.5 Å². The highest BCUT2D eigenvalue weighted by atomic mass is 16.4. The van der Waals surface area contributed by atoms with E-state index in [4.69, 9.17) is 14.6 Å². The second-order valence-corrected chi connectivity index (χ2v) is 4.29. The Morgan fingerprint density at radius 3 is 2.53 bits per heavy atom. The van der Waals surface area contributed by atoms with Gasteiger partial charge in [0.05, 0.1) is 6.54 Å². The van der Waals surface area contributed by atoms with Crippen LogP contribution in [0.3, 0.4) is 0 Å². The number of hydrogen-bond donors (Lipinski definition) is 3. The van der Waals surface area contributed by atoms with Gasteiger partial charge in [0.2, 0.25) is 0 Å². The van der Waals surface area contributed by atoms with Crippen molar-refractivity contribution in [3.05, 3.63) is 23.7 Å². The molecular weight excluding hydrogens is 194 g/mol. The minimum atomic E-state index is -0.0550.